The first-order valence-electron chi connectivity index (χ1n) is 6.67. The first kappa shape index (κ1) is 16.1. The van der Waals surface area contributed by atoms with Gasteiger partial charge in [-0.15, -0.1) is 0 Å². The summed E-state index contributed by atoms with van der Waals surface area (Å²) in [5, 5.41) is 0.931. The lowest BCUT2D eigenvalue weighted by Gasteiger charge is -2.19. The van der Waals surface area contributed by atoms with Crippen molar-refractivity contribution in [2.24, 2.45) is 0 Å². The van der Waals surface area contributed by atoms with Crippen molar-refractivity contribution in [1.29, 1.82) is 0 Å². The van der Waals surface area contributed by atoms with E-state index in [4.69, 9.17) is 27.9 Å². The molecule has 1 aromatic carbocycles. The van der Waals surface area contributed by atoms with E-state index in [1.165, 1.54) is 0 Å². The van der Waals surface area contributed by atoms with E-state index in [1.807, 2.05) is 46.8 Å². The third-order valence-electron chi connectivity index (χ3n) is 3.01. The highest BCUT2D eigenvalue weighted by Crippen LogP contribution is 2.34. The van der Waals surface area contributed by atoms with Crippen LogP contribution in [0.1, 0.15) is 37.7 Å². The van der Waals surface area contributed by atoms with Gasteiger partial charge < -0.3 is 4.74 Å². The van der Waals surface area contributed by atoms with E-state index in [2.05, 4.69) is 9.97 Å². The lowest BCUT2D eigenvalue weighted by atomic mass is 9.96. The molecule has 3 nitrogen and oxygen atoms in total. The third kappa shape index (κ3) is 3.66. The van der Waals surface area contributed by atoms with E-state index in [1.54, 1.807) is 6.07 Å². The summed E-state index contributed by atoms with van der Waals surface area (Å²) in [6, 6.07) is 5.60. The molecule has 0 radical (unpaired) electrons. The van der Waals surface area contributed by atoms with Crippen LogP contribution in [0.3, 0.4) is 0 Å². The van der Waals surface area contributed by atoms with Crippen LogP contribution in [0.15, 0.2) is 18.2 Å². The van der Waals surface area contributed by atoms with Crippen molar-refractivity contribution >= 4 is 23.2 Å². The van der Waals surface area contributed by atoms with Gasteiger partial charge in [0.1, 0.15) is 16.7 Å². The maximum absolute atomic E-state index is 6.20. The highest BCUT2D eigenvalue weighted by Gasteiger charge is 2.21. The van der Waals surface area contributed by atoms with Gasteiger partial charge in [-0.1, -0.05) is 50.0 Å². The molecule has 21 heavy (non-hydrogen) atoms. The third-order valence-corrected chi connectivity index (χ3v) is 3.69. The van der Waals surface area contributed by atoms with Crippen LogP contribution in [0.25, 0.3) is 0 Å². The van der Waals surface area contributed by atoms with Crippen molar-refractivity contribution in [2.45, 2.75) is 40.0 Å². The van der Waals surface area contributed by atoms with E-state index in [0.29, 0.717) is 33.2 Å². The summed E-state index contributed by atoms with van der Waals surface area (Å²) < 4.78 is 5.87. The minimum Gasteiger partial charge on any atom is -0.437 e. The van der Waals surface area contributed by atoms with Crippen molar-refractivity contribution in [1.82, 2.24) is 9.97 Å². The Bertz CT molecular complexity index is 679. The fourth-order valence-electron chi connectivity index (χ4n) is 1.70. The Kier molecular flexibility index (Phi) is 4.45. The van der Waals surface area contributed by atoms with Gasteiger partial charge in [0.25, 0.3) is 0 Å². The lowest BCUT2D eigenvalue weighted by Crippen LogP contribution is -2.17. The summed E-state index contributed by atoms with van der Waals surface area (Å²) in [6.45, 7) is 9.88. The molecular formula is C16H18Cl2N2O. The molecule has 0 aliphatic carbocycles. The van der Waals surface area contributed by atoms with Crippen molar-refractivity contribution < 1.29 is 4.74 Å². The fourth-order valence-corrected chi connectivity index (χ4v) is 2.01. The number of benzene rings is 1. The van der Waals surface area contributed by atoms with Gasteiger partial charge in [-0.3, -0.25) is 0 Å². The van der Waals surface area contributed by atoms with Gasteiger partial charge in [-0.2, -0.15) is 4.98 Å². The minimum absolute atomic E-state index is 0.216. The zero-order valence-electron chi connectivity index (χ0n) is 12.8. The van der Waals surface area contributed by atoms with E-state index >= 15 is 0 Å². The molecule has 0 saturated carbocycles. The molecule has 0 unspecified atom stereocenters. The number of aryl methyl sites for hydroxylation is 1. The number of aromatic nitrogens is 2. The molecule has 5 heteroatoms. The van der Waals surface area contributed by atoms with E-state index in [9.17, 15) is 0 Å². The second-order valence-corrected chi connectivity index (χ2v) is 6.82. The van der Waals surface area contributed by atoms with Crippen LogP contribution in [-0.2, 0) is 5.41 Å². The standard InChI is InChI=1S/C16H18Cl2N2O/c1-9-6-7-11(17)12(8-9)21-14-10(2)13(18)19-15(20-14)16(3,4)5/h6-8H,1-5H3. The summed E-state index contributed by atoms with van der Waals surface area (Å²) in [4.78, 5) is 8.82. The summed E-state index contributed by atoms with van der Waals surface area (Å²) in [5.41, 5.74) is 1.54. The number of halogens is 2. The van der Waals surface area contributed by atoms with Crippen LogP contribution in [0.2, 0.25) is 10.2 Å². The fraction of sp³-hybridized carbons (Fsp3) is 0.375. The molecule has 2 rings (SSSR count). The molecule has 112 valence electrons. The second-order valence-electron chi connectivity index (χ2n) is 6.05. The van der Waals surface area contributed by atoms with Crippen LogP contribution in [0.4, 0.5) is 0 Å². The van der Waals surface area contributed by atoms with Gasteiger partial charge in [0.05, 0.1) is 5.02 Å². The molecule has 2 aromatic rings. The molecule has 0 N–H and O–H groups in total. The Labute approximate surface area is 135 Å². The number of ether oxygens (including phenoxy) is 1. The van der Waals surface area contributed by atoms with Crippen molar-refractivity contribution in [3.8, 4) is 11.6 Å². The molecule has 0 aliphatic rings. The normalized spacial score (nSPS) is 11.6. The van der Waals surface area contributed by atoms with Crippen molar-refractivity contribution in [3.05, 3.63) is 45.3 Å². The highest BCUT2D eigenvalue weighted by molar-refractivity contribution is 6.32. The molecule has 1 heterocycles. The van der Waals surface area contributed by atoms with Crippen molar-refractivity contribution in [2.75, 3.05) is 0 Å². The summed E-state index contributed by atoms with van der Waals surface area (Å²) in [7, 11) is 0. The summed E-state index contributed by atoms with van der Waals surface area (Å²) in [5.74, 6) is 1.64. The summed E-state index contributed by atoms with van der Waals surface area (Å²) in [6.07, 6.45) is 0. The van der Waals surface area contributed by atoms with Crippen LogP contribution in [0, 0.1) is 13.8 Å². The zero-order chi connectivity index (χ0) is 15.8. The van der Waals surface area contributed by atoms with Gasteiger partial charge in [-0.05, 0) is 31.5 Å². The van der Waals surface area contributed by atoms with E-state index in [-0.39, 0.29) is 5.41 Å². The highest BCUT2D eigenvalue weighted by atomic mass is 35.5. The largest absolute Gasteiger partial charge is 0.437 e. The second kappa shape index (κ2) is 5.82. The van der Waals surface area contributed by atoms with E-state index < -0.39 is 0 Å². The smallest absolute Gasteiger partial charge is 0.227 e. The molecule has 0 bridgehead atoms. The average Bonchev–Trinajstić information content (AvgIpc) is 2.37. The quantitative estimate of drug-likeness (QED) is 0.685. The minimum atomic E-state index is -0.216. The van der Waals surface area contributed by atoms with E-state index in [0.717, 1.165) is 5.56 Å². The Morgan fingerprint density at radius 1 is 1.05 bits per heavy atom. The first-order chi connectivity index (χ1) is 9.68. The number of nitrogens with zero attached hydrogens (tertiary/aromatic N) is 2. The maximum atomic E-state index is 6.20. The Morgan fingerprint density at radius 3 is 2.33 bits per heavy atom. The van der Waals surface area contributed by atoms with Gasteiger partial charge in [0, 0.05) is 11.0 Å². The first-order valence-corrected chi connectivity index (χ1v) is 7.42. The Balaban J connectivity index is 2.49. The predicted octanol–water partition coefficient (Wildman–Crippen LogP) is 5.49. The topological polar surface area (TPSA) is 35.0 Å². The van der Waals surface area contributed by atoms with Crippen LogP contribution < -0.4 is 4.74 Å². The van der Waals surface area contributed by atoms with Gasteiger partial charge in [0.2, 0.25) is 5.88 Å². The molecule has 0 saturated heterocycles. The molecule has 1 aromatic heterocycles. The maximum Gasteiger partial charge on any atom is 0.227 e. The van der Waals surface area contributed by atoms with Crippen LogP contribution in [0.5, 0.6) is 11.6 Å². The van der Waals surface area contributed by atoms with Gasteiger partial charge >= 0.3 is 0 Å². The predicted molar refractivity (Wildman–Crippen MR) is 86.7 cm³/mol. The van der Waals surface area contributed by atoms with Crippen LogP contribution >= 0.6 is 23.2 Å². The lowest BCUT2D eigenvalue weighted by molar-refractivity contribution is 0.441. The molecular weight excluding hydrogens is 307 g/mol. The molecule has 0 atom stereocenters. The molecule has 0 aliphatic heterocycles. The number of hydrogen-bond donors (Lipinski definition) is 0. The SMILES string of the molecule is Cc1ccc(Cl)c(Oc2nc(C(C)(C)C)nc(Cl)c2C)c1. The van der Waals surface area contributed by atoms with Crippen molar-refractivity contribution in [3.63, 3.8) is 0 Å². The number of hydrogen-bond acceptors (Lipinski definition) is 3. The van der Waals surface area contributed by atoms with Crippen LogP contribution in [-0.4, -0.2) is 9.97 Å². The van der Waals surface area contributed by atoms with Gasteiger partial charge in [-0.25, -0.2) is 4.98 Å². The monoisotopic (exact) mass is 324 g/mol. The zero-order valence-corrected chi connectivity index (χ0v) is 14.3. The molecule has 0 spiro atoms. The van der Waals surface area contributed by atoms with Gasteiger partial charge in [0.15, 0.2) is 0 Å². The average molecular weight is 325 g/mol. The Hall–Kier alpha value is -1.32. The number of rotatable bonds is 2. The summed E-state index contributed by atoms with van der Waals surface area (Å²) >= 11 is 12.4. The molecule has 0 fully saturated rings. The molecule has 0 amide bonds. The Morgan fingerprint density at radius 2 is 1.71 bits per heavy atom.